The highest BCUT2D eigenvalue weighted by molar-refractivity contribution is 5.92. The van der Waals surface area contributed by atoms with Crippen molar-refractivity contribution in [2.24, 2.45) is 11.8 Å². The normalized spacial score (nSPS) is 17.8. The van der Waals surface area contributed by atoms with Gasteiger partial charge in [-0.05, 0) is 68.3 Å². The average molecular weight is 274 g/mol. The van der Waals surface area contributed by atoms with Crippen molar-refractivity contribution in [3.05, 3.63) is 24.3 Å². The first kappa shape index (κ1) is 13.4. The molecule has 0 atom stereocenters. The number of benzene rings is 1. The van der Waals surface area contributed by atoms with Crippen LogP contribution < -0.4 is 15.4 Å². The van der Waals surface area contributed by atoms with Crippen molar-refractivity contribution < 1.29 is 9.53 Å². The molecule has 1 aromatic carbocycles. The molecule has 0 heterocycles. The fourth-order valence-corrected chi connectivity index (χ4v) is 2.05. The van der Waals surface area contributed by atoms with E-state index in [0.29, 0.717) is 6.54 Å². The zero-order chi connectivity index (χ0) is 13.8. The van der Waals surface area contributed by atoms with Gasteiger partial charge >= 0.3 is 0 Å². The molecule has 2 N–H and O–H groups in total. The summed E-state index contributed by atoms with van der Waals surface area (Å²) in [4.78, 5) is 11.7. The second-order valence-corrected chi connectivity index (χ2v) is 5.90. The molecule has 4 heteroatoms. The van der Waals surface area contributed by atoms with Crippen LogP contribution in [0.5, 0.6) is 5.75 Å². The second-order valence-electron chi connectivity index (χ2n) is 5.90. The SMILES string of the molecule is O=C(CNCC1CC1)Nc1ccc(OCC2CC2)cc1. The first-order valence-electron chi connectivity index (χ1n) is 7.53. The summed E-state index contributed by atoms with van der Waals surface area (Å²) in [5.41, 5.74) is 0.821. The minimum absolute atomic E-state index is 0.0114. The molecule has 2 saturated carbocycles. The Hall–Kier alpha value is -1.55. The van der Waals surface area contributed by atoms with E-state index in [2.05, 4.69) is 10.6 Å². The predicted octanol–water partition coefficient (Wildman–Crippen LogP) is 2.41. The minimum atomic E-state index is 0.0114. The molecule has 0 saturated heterocycles. The smallest absolute Gasteiger partial charge is 0.238 e. The van der Waals surface area contributed by atoms with Crippen molar-refractivity contribution in [2.45, 2.75) is 25.7 Å². The van der Waals surface area contributed by atoms with Gasteiger partial charge in [-0.2, -0.15) is 0 Å². The number of rotatable bonds is 8. The number of nitrogens with one attached hydrogen (secondary N) is 2. The van der Waals surface area contributed by atoms with Crippen molar-refractivity contribution in [1.29, 1.82) is 0 Å². The Labute approximate surface area is 119 Å². The van der Waals surface area contributed by atoms with E-state index < -0.39 is 0 Å². The Morgan fingerprint density at radius 2 is 1.80 bits per heavy atom. The molecule has 108 valence electrons. The van der Waals surface area contributed by atoms with Crippen LogP contribution in [-0.2, 0) is 4.79 Å². The molecule has 2 fully saturated rings. The topological polar surface area (TPSA) is 50.4 Å². The van der Waals surface area contributed by atoms with E-state index in [1.165, 1.54) is 25.7 Å². The number of ether oxygens (including phenoxy) is 1. The van der Waals surface area contributed by atoms with Crippen molar-refractivity contribution >= 4 is 11.6 Å². The van der Waals surface area contributed by atoms with Crippen LogP contribution in [-0.4, -0.2) is 25.6 Å². The summed E-state index contributed by atoms with van der Waals surface area (Å²) in [7, 11) is 0. The summed E-state index contributed by atoms with van der Waals surface area (Å²) in [6, 6.07) is 7.60. The second kappa shape index (κ2) is 6.27. The molecule has 0 radical (unpaired) electrons. The summed E-state index contributed by atoms with van der Waals surface area (Å²) in [5.74, 6) is 2.44. The van der Waals surface area contributed by atoms with Crippen molar-refractivity contribution in [3.63, 3.8) is 0 Å². The Balaban J connectivity index is 1.38. The molecule has 1 aromatic rings. The van der Waals surface area contributed by atoms with Gasteiger partial charge in [-0.25, -0.2) is 0 Å². The molecule has 2 aliphatic rings. The van der Waals surface area contributed by atoms with Gasteiger partial charge in [-0.3, -0.25) is 4.79 Å². The maximum atomic E-state index is 11.7. The highest BCUT2D eigenvalue weighted by Gasteiger charge is 2.22. The maximum absolute atomic E-state index is 11.7. The van der Waals surface area contributed by atoms with Gasteiger partial charge < -0.3 is 15.4 Å². The lowest BCUT2D eigenvalue weighted by atomic mass is 10.3. The van der Waals surface area contributed by atoms with Crippen LogP contribution in [0.25, 0.3) is 0 Å². The summed E-state index contributed by atoms with van der Waals surface area (Å²) in [5, 5.41) is 6.07. The maximum Gasteiger partial charge on any atom is 0.238 e. The van der Waals surface area contributed by atoms with Gasteiger partial charge in [0.2, 0.25) is 5.91 Å². The molecule has 0 unspecified atom stereocenters. The molecule has 0 aliphatic heterocycles. The Morgan fingerprint density at radius 3 is 2.45 bits per heavy atom. The third-order valence-corrected chi connectivity index (χ3v) is 3.74. The third-order valence-electron chi connectivity index (χ3n) is 3.74. The molecule has 3 rings (SSSR count). The number of hydrogen-bond donors (Lipinski definition) is 2. The standard InChI is InChI=1S/C16H22N2O2/c19-16(10-17-9-12-1-2-12)18-14-5-7-15(8-6-14)20-11-13-3-4-13/h5-8,12-13,17H,1-4,9-11H2,(H,18,19). The number of anilines is 1. The van der Waals surface area contributed by atoms with Crippen LogP contribution in [0.3, 0.4) is 0 Å². The minimum Gasteiger partial charge on any atom is -0.493 e. The van der Waals surface area contributed by atoms with Crippen LogP contribution in [0.2, 0.25) is 0 Å². The number of amides is 1. The lowest BCUT2D eigenvalue weighted by Gasteiger charge is -2.08. The van der Waals surface area contributed by atoms with E-state index >= 15 is 0 Å². The molecule has 0 aromatic heterocycles. The molecular formula is C16H22N2O2. The first-order chi connectivity index (χ1) is 9.79. The quantitative estimate of drug-likeness (QED) is 0.765. The molecule has 2 aliphatic carbocycles. The predicted molar refractivity (Wildman–Crippen MR) is 78.9 cm³/mol. The largest absolute Gasteiger partial charge is 0.493 e. The molecule has 1 amide bonds. The number of carbonyl (C=O) groups excluding carboxylic acids is 1. The fourth-order valence-electron chi connectivity index (χ4n) is 2.05. The molecule has 4 nitrogen and oxygen atoms in total. The van der Waals surface area contributed by atoms with E-state index in [0.717, 1.165) is 36.4 Å². The van der Waals surface area contributed by atoms with Gasteiger partial charge in [0.15, 0.2) is 0 Å². The molecular weight excluding hydrogens is 252 g/mol. The van der Waals surface area contributed by atoms with Crippen molar-refractivity contribution in [1.82, 2.24) is 5.32 Å². The van der Waals surface area contributed by atoms with E-state index in [-0.39, 0.29) is 5.91 Å². The van der Waals surface area contributed by atoms with Crippen LogP contribution in [0, 0.1) is 11.8 Å². The Kier molecular flexibility index (Phi) is 4.21. The summed E-state index contributed by atoms with van der Waals surface area (Å²) < 4.78 is 5.66. The van der Waals surface area contributed by atoms with Crippen molar-refractivity contribution in [2.75, 3.05) is 25.0 Å². The lowest BCUT2D eigenvalue weighted by molar-refractivity contribution is -0.115. The van der Waals surface area contributed by atoms with Gasteiger partial charge in [0.05, 0.1) is 13.2 Å². The Bertz CT molecular complexity index is 450. The van der Waals surface area contributed by atoms with Gasteiger partial charge in [-0.1, -0.05) is 0 Å². The monoisotopic (exact) mass is 274 g/mol. The zero-order valence-electron chi connectivity index (χ0n) is 11.7. The van der Waals surface area contributed by atoms with Gasteiger partial charge in [0, 0.05) is 5.69 Å². The van der Waals surface area contributed by atoms with Gasteiger partial charge in [0.1, 0.15) is 5.75 Å². The van der Waals surface area contributed by atoms with Crippen LogP contribution in [0.1, 0.15) is 25.7 Å². The van der Waals surface area contributed by atoms with E-state index in [9.17, 15) is 4.79 Å². The van der Waals surface area contributed by atoms with E-state index in [1.54, 1.807) is 0 Å². The van der Waals surface area contributed by atoms with Crippen LogP contribution in [0.4, 0.5) is 5.69 Å². The summed E-state index contributed by atoms with van der Waals surface area (Å²) in [6.07, 6.45) is 5.19. The summed E-state index contributed by atoms with van der Waals surface area (Å²) >= 11 is 0. The van der Waals surface area contributed by atoms with E-state index in [4.69, 9.17) is 4.74 Å². The number of hydrogen-bond acceptors (Lipinski definition) is 3. The van der Waals surface area contributed by atoms with Gasteiger partial charge in [0.25, 0.3) is 0 Å². The van der Waals surface area contributed by atoms with Crippen molar-refractivity contribution in [3.8, 4) is 5.75 Å². The van der Waals surface area contributed by atoms with E-state index in [1.807, 2.05) is 24.3 Å². The van der Waals surface area contributed by atoms with Crippen LogP contribution >= 0.6 is 0 Å². The third kappa shape index (κ3) is 4.53. The van der Waals surface area contributed by atoms with Crippen LogP contribution in [0.15, 0.2) is 24.3 Å². The number of carbonyl (C=O) groups is 1. The zero-order valence-corrected chi connectivity index (χ0v) is 11.7. The highest BCUT2D eigenvalue weighted by Crippen LogP contribution is 2.29. The fraction of sp³-hybridized carbons (Fsp3) is 0.562. The molecule has 0 spiro atoms. The molecule has 20 heavy (non-hydrogen) atoms. The molecule has 0 bridgehead atoms. The first-order valence-corrected chi connectivity index (χ1v) is 7.53. The Morgan fingerprint density at radius 1 is 1.10 bits per heavy atom. The highest BCUT2D eigenvalue weighted by atomic mass is 16.5. The lowest BCUT2D eigenvalue weighted by Crippen LogP contribution is -2.29. The average Bonchev–Trinajstić information content (AvgIpc) is 3.33. The summed E-state index contributed by atoms with van der Waals surface area (Å²) in [6.45, 7) is 2.16. The van der Waals surface area contributed by atoms with Gasteiger partial charge in [-0.15, -0.1) is 0 Å².